The van der Waals surface area contributed by atoms with Gasteiger partial charge in [-0.25, -0.2) is 5.01 Å². The van der Waals surface area contributed by atoms with Gasteiger partial charge in [-0.2, -0.15) is 5.10 Å². The molecule has 0 spiro atoms. The van der Waals surface area contributed by atoms with Crippen LogP contribution in [0.1, 0.15) is 37.5 Å². The van der Waals surface area contributed by atoms with Crippen molar-refractivity contribution < 1.29 is 0 Å². The molecule has 0 atom stereocenters. The quantitative estimate of drug-likeness (QED) is 0.375. The Morgan fingerprint density at radius 1 is 0.692 bits per heavy atom. The standard InChI is InChI=1S/C24H26N2/c1-4-20-11-15-23(16-12-20)26(24-17-13-21(5-2)14-18-24)25-19(3)22-9-7-6-8-10-22/h6-18H,4-5H2,1-3H3/b25-19-. The molecule has 3 rings (SSSR count). The van der Waals surface area contributed by atoms with Crippen molar-refractivity contribution in [3.63, 3.8) is 0 Å². The third-order valence-corrected chi connectivity index (χ3v) is 4.62. The smallest absolute Gasteiger partial charge is 0.0655 e. The molecule has 26 heavy (non-hydrogen) atoms. The number of aryl methyl sites for hydroxylation is 2. The molecule has 2 heteroatoms. The summed E-state index contributed by atoms with van der Waals surface area (Å²) in [5.41, 5.74) is 6.93. The van der Waals surface area contributed by atoms with Crippen molar-refractivity contribution in [3.05, 3.63) is 95.6 Å². The molecule has 0 amide bonds. The molecule has 0 saturated carbocycles. The number of hydrogen-bond donors (Lipinski definition) is 0. The largest absolute Gasteiger partial charge is 0.234 e. The zero-order valence-corrected chi connectivity index (χ0v) is 15.8. The molecule has 0 N–H and O–H groups in total. The van der Waals surface area contributed by atoms with Gasteiger partial charge in [-0.1, -0.05) is 68.4 Å². The second-order valence-corrected chi connectivity index (χ2v) is 6.40. The van der Waals surface area contributed by atoms with Crippen LogP contribution in [0.3, 0.4) is 0 Å². The van der Waals surface area contributed by atoms with E-state index in [2.05, 4.69) is 81.4 Å². The lowest BCUT2D eigenvalue weighted by Crippen LogP contribution is -2.12. The maximum Gasteiger partial charge on any atom is 0.0655 e. The van der Waals surface area contributed by atoms with E-state index in [1.807, 2.05) is 23.2 Å². The average Bonchev–Trinajstić information content (AvgIpc) is 2.73. The minimum Gasteiger partial charge on any atom is -0.234 e. The summed E-state index contributed by atoms with van der Waals surface area (Å²) in [5.74, 6) is 0. The molecular formula is C24H26N2. The SMILES string of the molecule is CCc1ccc(N(/N=C(/C)c2ccccc2)c2ccc(CC)cc2)cc1. The first-order valence-corrected chi connectivity index (χ1v) is 9.30. The fourth-order valence-corrected chi connectivity index (χ4v) is 2.90. The first kappa shape index (κ1) is 17.9. The van der Waals surface area contributed by atoms with Crippen LogP contribution in [0.5, 0.6) is 0 Å². The average molecular weight is 342 g/mol. The molecule has 0 aromatic heterocycles. The van der Waals surface area contributed by atoms with E-state index in [9.17, 15) is 0 Å². The molecule has 132 valence electrons. The number of nitrogens with zero attached hydrogens (tertiary/aromatic N) is 2. The summed E-state index contributed by atoms with van der Waals surface area (Å²) in [4.78, 5) is 0. The Labute approximate surface area is 156 Å². The Balaban J connectivity index is 2.02. The Morgan fingerprint density at radius 2 is 1.15 bits per heavy atom. The van der Waals surface area contributed by atoms with Gasteiger partial charge in [-0.15, -0.1) is 0 Å². The van der Waals surface area contributed by atoms with Gasteiger partial charge in [0, 0.05) is 0 Å². The number of rotatable bonds is 6. The van der Waals surface area contributed by atoms with Crippen LogP contribution in [-0.2, 0) is 12.8 Å². The molecule has 0 aliphatic carbocycles. The topological polar surface area (TPSA) is 15.6 Å². The van der Waals surface area contributed by atoms with Crippen molar-refractivity contribution in [2.45, 2.75) is 33.6 Å². The van der Waals surface area contributed by atoms with Gasteiger partial charge in [0.15, 0.2) is 0 Å². The van der Waals surface area contributed by atoms with Crippen LogP contribution < -0.4 is 5.01 Å². The Morgan fingerprint density at radius 3 is 1.58 bits per heavy atom. The Hall–Kier alpha value is -2.87. The van der Waals surface area contributed by atoms with E-state index in [0.29, 0.717) is 0 Å². The minimum atomic E-state index is 0.990. The van der Waals surface area contributed by atoms with Crippen LogP contribution in [0.15, 0.2) is 84.0 Å². The fourth-order valence-electron chi connectivity index (χ4n) is 2.90. The van der Waals surface area contributed by atoms with Gasteiger partial charge >= 0.3 is 0 Å². The summed E-state index contributed by atoms with van der Waals surface area (Å²) >= 11 is 0. The fraction of sp³-hybridized carbons (Fsp3) is 0.208. The molecule has 0 bridgehead atoms. The molecule has 0 saturated heterocycles. The van der Waals surface area contributed by atoms with E-state index in [0.717, 1.165) is 35.5 Å². The third-order valence-electron chi connectivity index (χ3n) is 4.62. The summed E-state index contributed by atoms with van der Waals surface area (Å²) in [6.45, 7) is 6.41. The van der Waals surface area contributed by atoms with Crippen molar-refractivity contribution in [3.8, 4) is 0 Å². The van der Waals surface area contributed by atoms with Gasteiger partial charge in [0.1, 0.15) is 0 Å². The molecule has 0 unspecified atom stereocenters. The normalized spacial score (nSPS) is 11.4. The predicted octanol–water partition coefficient (Wildman–Crippen LogP) is 6.37. The van der Waals surface area contributed by atoms with Crippen LogP contribution in [-0.4, -0.2) is 5.71 Å². The maximum atomic E-state index is 4.95. The lowest BCUT2D eigenvalue weighted by molar-refractivity contribution is 1.06. The molecule has 3 aromatic carbocycles. The highest BCUT2D eigenvalue weighted by atomic mass is 15.5. The second-order valence-electron chi connectivity index (χ2n) is 6.40. The molecule has 3 aromatic rings. The summed E-state index contributed by atoms with van der Waals surface area (Å²) in [6, 6.07) is 27.6. The van der Waals surface area contributed by atoms with Crippen LogP contribution in [0.2, 0.25) is 0 Å². The van der Waals surface area contributed by atoms with Crippen LogP contribution in [0.4, 0.5) is 11.4 Å². The summed E-state index contributed by atoms with van der Waals surface area (Å²) < 4.78 is 0. The number of benzene rings is 3. The van der Waals surface area contributed by atoms with Gasteiger partial charge in [0.05, 0.1) is 17.1 Å². The van der Waals surface area contributed by atoms with E-state index in [4.69, 9.17) is 5.10 Å². The van der Waals surface area contributed by atoms with Crippen molar-refractivity contribution in [1.29, 1.82) is 0 Å². The van der Waals surface area contributed by atoms with Gasteiger partial charge in [-0.05, 0) is 60.7 Å². The summed E-state index contributed by atoms with van der Waals surface area (Å²) in [7, 11) is 0. The van der Waals surface area contributed by atoms with Crippen molar-refractivity contribution in [1.82, 2.24) is 0 Å². The molecule has 0 aliphatic heterocycles. The highest BCUT2D eigenvalue weighted by Gasteiger charge is 2.10. The zero-order chi connectivity index (χ0) is 18.4. The van der Waals surface area contributed by atoms with E-state index in [1.54, 1.807) is 0 Å². The van der Waals surface area contributed by atoms with Crippen molar-refractivity contribution in [2.75, 3.05) is 5.01 Å². The lowest BCUT2D eigenvalue weighted by atomic mass is 10.1. The van der Waals surface area contributed by atoms with Gasteiger partial charge in [0.2, 0.25) is 0 Å². The van der Waals surface area contributed by atoms with Crippen LogP contribution in [0, 0.1) is 0 Å². The summed E-state index contributed by atoms with van der Waals surface area (Å²) in [5, 5.41) is 6.98. The first-order valence-electron chi connectivity index (χ1n) is 9.30. The second kappa shape index (κ2) is 8.48. The van der Waals surface area contributed by atoms with Gasteiger partial charge < -0.3 is 0 Å². The Bertz CT molecular complexity index is 799. The Kier molecular flexibility index (Phi) is 5.85. The first-order chi connectivity index (χ1) is 12.7. The number of hydrogen-bond acceptors (Lipinski definition) is 2. The zero-order valence-electron chi connectivity index (χ0n) is 15.8. The minimum absolute atomic E-state index is 0.990. The monoisotopic (exact) mass is 342 g/mol. The molecule has 0 heterocycles. The number of anilines is 2. The highest BCUT2D eigenvalue weighted by molar-refractivity contribution is 5.99. The molecule has 0 aliphatic rings. The van der Waals surface area contributed by atoms with Crippen LogP contribution in [0.25, 0.3) is 0 Å². The van der Waals surface area contributed by atoms with Gasteiger partial charge in [0.25, 0.3) is 0 Å². The van der Waals surface area contributed by atoms with E-state index < -0.39 is 0 Å². The van der Waals surface area contributed by atoms with E-state index in [-0.39, 0.29) is 0 Å². The van der Waals surface area contributed by atoms with E-state index >= 15 is 0 Å². The van der Waals surface area contributed by atoms with Gasteiger partial charge in [-0.3, -0.25) is 0 Å². The van der Waals surface area contributed by atoms with E-state index in [1.165, 1.54) is 11.1 Å². The summed E-state index contributed by atoms with van der Waals surface area (Å²) in [6.07, 6.45) is 2.08. The molecule has 0 radical (unpaired) electrons. The van der Waals surface area contributed by atoms with Crippen LogP contribution >= 0.6 is 0 Å². The third kappa shape index (κ3) is 4.20. The number of hydrazone groups is 1. The van der Waals surface area contributed by atoms with Crippen molar-refractivity contribution >= 4 is 17.1 Å². The molecule has 0 fully saturated rings. The molecular weight excluding hydrogens is 316 g/mol. The lowest BCUT2D eigenvalue weighted by Gasteiger charge is -2.21. The van der Waals surface area contributed by atoms with Crippen molar-refractivity contribution in [2.24, 2.45) is 5.10 Å². The predicted molar refractivity (Wildman–Crippen MR) is 112 cm³/mol. The molecule has 2 nitrogen and oxygen atoms in total. The highest BCUT2D eigenvalue weighted by Crippen LogP contribution is 2.27. The maximum absolute atomic E-state index is 4.95.